The van der Waals surface area contributed by atoms with E-state index in [2.05, 4.69) is 5.10 Å². The molecule has 1 heterocycles. The molecule has 0 amide bonds. The van der Waals surface area contributed by atoms with Gasteiger partial charge in [0.15, 0.2) is 0 Å². The Bertz CT molecular complexity index is 433. The molecule has 0 fully saturated rings. The van der Waals surface area contributed by atoms with Crippen LogP contribution in [0.2, 0.25) is 0 Å². The van der Waals surface area contributed by atoms with Crippen molar-refractivity contribution in [2.24, 2.45) is 0 Å². The summed E-state index contributed by atoms with van der Waals surface area (Å²) in [5.41, 5.74) is -0.631. The predicted octanol–water partition coefficient (Wildman–Crippen LogP) is 3.09. The molecule has 1 rings (SSSR count). The van der Waals surface area contributed by atoms with Crippen LogP contribution in [0.4, 0.5) is 13.6 Å². The summed E-state index contributed by atoms with van der Waals surface area (Å²) in [6, 6.07) is 1.41. The average molecular weight is 276 g/mol. The Morgan fingerprint density at radius 1 is 1.37 bits per heavy atom. The molecule has 0 atom stereocenters. The fourth-order valence-corrected chi connectivity index (χ4v) is 1.13. The standard InChI is InChI=1S/C12H18F2N2O3/c1-11(2,3)19-10(17)16-7-5-9(15-16)18-8-6-12(4,13)14/h5,7H,6,8H2,1-4H3. The van der Waals surface area contributed by atoms with E-state index in [9.17, 15) is 13.6 Å². The lowest BCUT2D eigenvalue weighted by Gasteiger charge is -2.18. The molecule has 0 aliphatic heterocycles. The molecule has 0 spiro atoms. The number of nitrogens with zero attached hydrogens (tertiary/aromatic N) is 2. The Labute approximate surface area is 110 Å². The number of carbonyl (C=O) groups is 1. The van der Waals surface area contributed by atoms with E-state index in [1.165, 1.54) is 12.3 Å². The van der Waals surface area contributed by atoms with Gasteiger partial charge in [0, 0.05) is 18.7 Å². The van der Waals surface area contributed by atoms with Crippen LogP contribution in [0.15, 0.2) is 12.3 Å². The predicted molar refractivity (Wildman–Crippen MR) is 64.6 cm³/mol. The highest BCUT2D eigenvalue weighted by Crippen LogP contribution is 2.17. The maximum Gasteiger partial charge on any atom is 0.435 e. The van der Waals surface area contributed by atoms with Gasteiger partial charge in [0.25, 0.3) is 0 Å². The molecule has 0 radical (unpaired) electrons. The van der Waals surface area contributed by atoms with Crippen LogP contribution in [0, 0.1) is 0 Å². The Kier molecular flexibility index (Phi) is 4.49. The maximum atomic E-state index is 12.6. The molecule has 7 heteroatoms. The molecule has 0 saturated heterocycles. The molecule has 0 aromatic carbocycles. The molecule has 1 aromatic heterocycles. The highest BCUT2D eigenvalue weighted by molar-refractivity contribution is 5.69. The number of carbonyl (C=O) groups excluding carboxylic acids is 1. The van der Waals surface area contributed by atoms with Gasteiger partial charge in [0.1, 0.15) is 5.60 Å². The largest absolute Gasteiger partial charge is 0.476 e. The third-order valence-corrected chi connectivity index (χ3v) is 1.94. The fraction of sp³-hybridized carbons (Fsp3) is 0.667. The summed E-state index contributed by atoms with van der Waals surface area (Å²) in [5, 5.41) is 3.79. The molecular formula is C12H18F2N2O3. The minimum absolute atomic E-state index is 0.107. The van der Waals surface area contributed by atoms with Crippen molar-refractivity contribution in [3.8, 4) is 5.88 Å². The van der Waals surface area contributed by atoms with E-state index in [0.717, 1.165) is 11.6 Å². The van der Waals surface area contributed by atoms with Crippen molar-refractivity contribution in [1.82, 2.24) is 9.78 Å². The molecule has 0 bridgehead atoms. The molecule has 108 valence electrons. The van der Waals surface area contributed by atoms with E-state index in [4.69, 9.17) is 9.47 Å². The average Bonchev–Trinajstić information content (AvgIpc) is 2.61. The molecule has 0 saturated carbocycles. The van der Waals surface area contributed by atoms with Gasteiger partial charge in [-0.05, 0) is 27.7 Å². The summed E-state index contributed by atoms with van der Waals surface area (Å²) in [4.78, 5) is 11.6. The summed E-state index contributed by atoms with van der Waals surface area (Å²) in [6.07, 6.45) is 0.294. The quantitative estimate of drug-likeness (QED) is 0.848. The molecule has 19 heavy (non-hydrogen) atoms. The van der Waals surface area contributed by atoms with Crippen LogP contribution in [0.25, 0.3) is 0 Å². The monoisotopic (exact) mass is 276 g/mol. The summed E-state index contributed by atoms with van der Waals surface area (Å²) in [7, 11) is 0. The number of rotatable bonds is 4. The van der Waals surface area contributed by atoms with E-state index >= 15 is 0 Å². The zero-order valence-corrected chi connectivity index (χ0v) is 11.4. The van der Waals surface area contributed by atoms with E-state index in [0.29, 0.717) is 0 Å². The zero-order valence-electron chi connectivity index (χ0n) is 11.4. The van der Waals surface area contributed by atoms with Crippen molar-refractivity contribution in [3.63, 3.8) is 0 Å². The third-order valence-electron chi connectivity index (χ3n) is 1.94. The van der Waals surface area contributed by atoms with Crippen molar-refractivity contribution >= 4 is 6.09 Å². The highest BCUT2D eigenvalue weighted by atomic mass is 19.3. The third kappa shape index (κ3) is 6.17. The summed E-state index contributed by atoms with van der Waals surface area (Å²) in [5.74, 6) is -2.68. The van der Waals surface area contributed by atoms with Gasteiger partial charge in [0.05, 0.1) is 6.61 Å². The van der Waals surface area contributed by atoms with Gasteiger partial charge in [-0.1, -0.05) is 0 Å². The van der Waals surface area contributed by atoms with Crippen LogP contribution >= 0.6 is 0 Å². The van der Waals surface area contributed by atoms with Crippen LogP contribution in [0.3, 0.4) is 0 Å². The first kappa shape index (κ1) is 15.4. The first-order valence-corrected chi connectivity index (χ1v) is 5.86. The normalized spacial score (nSPS) is 12.3. The smallest absolute Gasteiger partial charge is 0.435 e. The van der Waals surface area contributed by atoms with E-state index < -0.39 is 24.0 Å². The number of aromatic nitrogens is 2. The second-order valence-corrected chi connectivity index (χ2v) is 5.25. The van der Waals surface area contributed by atoms with Gasteiger partial charge >= 0.3 is 6.09 Å². The van der Waals surface area contributed by atoms with E-state index in [1.807, 2.05) is 0 Å². The van der Waals surface area contributed by atoms with E-state index in [1.54, 1.807) is 20.8 Å². The summed E-state index contributed by atoms with van der Waals surface area (Å²) < 4.78 is 36.2. The summed E-state index contributed by atoms with van der Waals surface area (Å²) in [6.45, 7) is 5.84. The molecule has 0 N–H and O–H groups in total. The SMILES string of the molecule is CC(F)(F)CCOc1ccn(C(=O)OC(C)(C)C)n1. The lowest BCUT2D eigenvalue weighted by molar-refractivity contribution is 0.000229. The van der Waals surface area contributed by atoms with Crippen LogP contribution in [0.1, 0.15) is 34.1 Å². The second-order valence-electron chi connectivity index (χ2n) is 5.25. The Morgan fingerprint density at radius 2 is 2.00 bits per heavy atom. The van der Waals surface area contributed by atoms with Crippen molar-refractivity contribution in [3.05, 3.63) is 12.3 Å². The van der Waals surface area contributed by atoms with Crippen LogP contribution in [-0.4, -0.2) is 34.0 Å². The minimum Gasteiger partial charge on any atom is -0.476 e. The van der Waals surface area contributed by atoms with Gasteiger partial charge < -0.3 is 9.47 Å². The van der Waals surface area contributed by atoms with Crippen LogP contribution in [0.5, 0.6) is 5.88 Å². The highest BCUT2D eigenvalue weighted by Gasteiger charge is 2.21. The van der Waals surface area contributed by atoms with Crippen LogP contribution in [-0.2, 0) is 4.74 Å². The van der Waals surface area contributed by atoms with Gasteiger partial charge in [-0.25, -0.2) is 13.6 Å². The number of hydrogen-bond acceptors (Lipinski definition) is 4. The topological polar surface area (TPSA) is 53.4 Å². The molecule has 0 unspecified atom stereocenters. The number of halogens is 2. The first-order chi connectivity index (χ1) is 8.57. The van der Waals surface area contributed by atoms with Crippen molar-refractivity contribution in [1.29, 1.82) is 0 Å². The molecule has 0 aliphatic rings. The van der Waals surface area contributed by atoms with Crippen molar-refractivity contribution in [2.75, 3.05) is 6.61 Å². The second kappa shape index (κ2) is 5.54. The Hall–Kier alpha value is -1.66. The number of ether oxygens (including phenoxy) is 2. The van der Waals surface area contributed by atoms with Crippen LogP contribution < -0.4 is 4.74 Å². The van der Waals surface area contributed by atoms with Gasteiger partial charge in [-0.3, -0.25) is 0 Å². The lowest BCUT2D eigenvalue weighted by atomic mass is 10.2. The number of alkyl halides is 2. The molecular weight excluding hydrogens is 258 g/mol. The number of hydrogen-bond donors (Lipinski definition) is 0. The molecule has 5 nitrogen and oxygen atoms in total. The van der Waals surface area contributed by atoms with Crippen molar-refractivity contribution in [2.45, 2.75) is 45.6 Å². The zero-order chi connectivity index (χ0) is 14.7. The minimum atomic E-state index is -2.78. The van der Waals surface area contributed by atoms with Gasteiger partial charge in [0.2, 0.25) is 11.8 Å². The van der Waals surface area contributed by atoms with Crippen molar-refractivity contribution < 1.29 is 23.0 Å². The fourth-order valence-electron chi connectivity index (χ4n) is 1.13. The molecule has 1 aromatic rings. The Balaban J connectivity index is 2.51. The van der Waals surface area contributed by atoms with Gasteiger partial charge in [-0.15, -0.1) is 5.10 Å². The maximum absolute atomic E-state index is 12.6. The Morgan fingerprint density at radius 3 is 2.53 bits per heavy atom. The first-order valence-electron chi connectivity index (χ1n) is 5.86. The molecule has 0 aliphatic carbocycles. The van der Waals surface area contributed by atoms with E-state index in [-0.39, 0.29) is 12.5 Å². The summed E-state index contributed by atoms with van der Waals surface area (Å²) >= 11 is 0. The van der Waals surface area contributed by atoms with Gasteiger partial charge in [-0.2, -0.15) is 4.68 Å². The lowest BCUT2D eigenvalue weighted by Crippen LogP contribution is -2.27.